The maximum Gasteiger partial charge on any atom is 0.287 e. The SMILES string of the molecule is Cc1csc(C(=O)Nc2ncc3ccc(-c4cncn4C)cc3n2)n1. The maximum absolute atomic E-state index is 12.2. The molecule has 7 nitrogen and oxygen atoms in total. The second-order valence-electron chi connectivity index (χ2n) is 5.61. The third kappa shape index (κ3) is 2.99. The zero-order chi connectivity index (χ0) is 17.4. The topological polar surface area (TPSA) is 85.6 Å². The zero-order valence-corrected chi connectivity index (χ0v) is 14.4. The number of hydrogen-bond donors (Lipinski definition) is 1. The summed E-state index contributed by atoms with van der Waals surface area (Å²) in [4.78, 5) is 29.2. The van der Waals surface area contributed by atoms with Crippen molar-refractivity contribution in [2.75, 3.05) is 5.32 Å². The van der Waals surface area contributed by atoms with Crippen molar-refractivity contribution in [3.8, 4) is 11.3 Å². The number of aromatic nitrogens is 5. The second-order valence-corrected chi connectivity index (χ2v) is 6.46. The summed E-state index contributed by atoms with van der Waals surface area (Å²) >= 11 is 1.29. The maximum atomic E-state index is 12.2. The first-order valence-electron chi connectivity index (χ1n) is 7.57. The fraction of sp³-hybridized carbons (Fsp3) is 0.118. The molecule has 3 heterocycles. The summed E-state index contributed by atoms with van der Waals surface area (Å²) < 4.78 is 1.94. The molecule has 25 heavy (non-hydrogen) atoms. The van der Waals surface area contributed by atoms with E-state index in [9.17, 15) is 4.79 Å². The number of hydrogen-bond acceptors (Lipinski definition) is 6. The van der Waals surface area contributed by atoms with Gasteiger partial charge in [0.25, 0.3) is 5.91 Å². The number of nitrogens with zero attached hydrogens (tertiary/aromatic N) is 5. The first kappa shape index (κ1) is 15.4. The fourth-order valence-electron chi connectivity index (χ4n) is 2.49. The predicted octanol–water partition coefficient (Wildman–Crippen LogP) is 3.05. The van der Waals surface area contributed by atoms with Crippen LogP contribution in [0.2, 0.25) is 0 Å². The van der Waals surface area contributed by atoms with Gasteiger partial charge in [0.1, 0.15) is 0 Å². The molecular formula is C17H14N6OS. The standard InChI is InChI=1S/C17H14N6OS/c1-10-8-25-16(20-10)15(24)22-17-19-6-12-4-3-11(5-13(12)21-17)14-7-18-9-23(14)2/h3-9H,1-2H3,(H,19,21,22,24). The summed E-state index contributed by atoms with van der Waals surface area (Å²) in [6.07, 6.45) is 5.25. The van der Waals surface area contributed by atoms with E-state index in [4.69, 9.17) is 0 Å². The molecule has 4 rings (SSSR count). The highest BCUT2D eigenvalue weighted by Crippen LogP contribution is 2.23. The summed E-state index contributed by atoms with van der Waals surface area (Å²) in [7, 11) is 1.94. The number of thiazole rings is 1. The predicted molar refractivity (Wildman–Crippen MR) is 96.5 cm³/mol. The smallest absolute Gasteiger partial charge is 0.287 e. The zero-order valence-electron chi connectivity index (χ0n) is 13.6. The van der Waals surface area contributed by atoms with Crippen LogP contribution in [0.4, 0.5) is 5.95 Å². The van der Waals surface area contributed by atoms with E-state index in [2.05, 4.69) is 25.3 Å². The van der Waals surface area contributed by atoms with Gasteiger partial charge >= 0.3 is 0 Å². The molecule has 0 atom stereocenters. The molecule has 1 amide bonds. The Morgan fingerprint density at radius 1 is 1.24 bits per heavy atom. The molecule has 4 aromatic rings. The van der Waals surface area contributed by atoms with Crippen molar-refractivity contribution in [2.24, 2.45) is 7.05 Å². The van der Waals surface area contributed by atoms with Crippen molar-refractivity contribution >= 4 is 34.1 Å². The molecule has 8 heteroatoms. The Balaban J connectivity index is 1.67. The molecule has 0 aliphatic heterocycles. The van der Waals surface area contributed by atoms with Crippen LogP contribution in [-0.2, 0) is 7.05 Å². The van der Waals surface area contributed by atoms with Gasteiger partial charge in [0.05, 0.1) is 23.7 Å². The normalized spacial score (nSPS) is 11.0. The minimum absolute atomic E-state index is 0.257. The lowest BCUT2D eigenvalue weighted by atomic mass is 10.1. The number of anilines is 1. The van der Waals surface area contributed by atoms with E-state index in [0.29, 0.717) is 5.01 Å². The number of imidazole rings is 1. The Morgan fingerprint density at radius 3 is 2.84 bits per heavy atom. The van der Waals surface area contributed by atoms with Crippen LogP contribution in [0.1, 0.15) is 15.5 Å². The van der Waals surface area contributed by atoms with Crippen LogP contribution in [0.5, 0.6) is 0 Å². The highest BCUT2D eigenvalue weighted by molar-refractivity contribution is 7.11. The Hall–Kier alpha value is -3.13. The van der Waals surface area contributed by atoms with E-state index in [1.165, 1.54) is 11.3 Å². The molecule has 124 valence electrons. The van der Waals surface area contributed by atoms with Gasteiger partial charge in [-0.1, -0.05) is 12.1 Å². The van der Waals surface area contributed by atoms with E-state index < -0.39 is 0 Å². The Labute approximate surface area is 147 Å². The van der Waals surface area contributed by atoms with Gasteiger partial charge in [-0.2, -0.15) is 0 Å². The van der Waals surface area contributed by atoms with Gasteiger partial charge in [0, 0.05) is 35.3 Å². The van der Waals surface area contributed by atoms with Gasteiger partial charge in [-0.25, -0.2) is 19.9 Å². The molecule has 0 spiro atoms. The highest BCUT2D eigenvalue weighted by atomic mass is 32.1. The monoisotopic (exact) mass is 350 g/mol. The molecule has 0 aliphatic rings. The number of carbonyl (C=O) groups is 1. The summed E-state index contributed by atoms with van der Waals surface area (Å²) in [5.41, 5.74) is 3.55. The number of fused-ring (bicyclic) bond motifs is 1. The van der Waals surface area contributed by atoms with Gasteiger partial charge in [0.2, 0.25) is 5.95 Å². The largest absolute Gasteiger partial charge is 0.334 e. The number of benzene rings is 1. The van der Waals surface area contributed by atoms with Gasteiger partial charge in [-0.05, 0) is 13.0 Å². The van der Waals surface area contributed by atoms with Crippen molar-refractivity contribution < 1.29 is 4.79 Å². The van der Waals surface area contributed by atoms with E-state index in [-0.39, 0.29) is 11.9 Å². The fourth-order valence-corrected chi connectivity index (χ4v) is 3.18. The number of nitrogens with one attached hydrogen (secondary N) is 1. The van der Waals surface area contributed by atoms with E-state index >= 15 is 0 Å². The van der Waals surface area contributed by atoms with Crippen LogP contribution in [0.15, 0.2) is 42.3 Å². The van der Waals surface area contributed by atoms with Gasteiger partial charge in [-0.15, -0.1) is 11.3 Å². The minimum Gasteiger partial charge on any atom is -0.334 e. The lowest BCUT2D eigenvalue weighted by Gasteiger charge is -2.06. The average Bonchev–Trinajstić information content (AvgIpc) is 3.22. The number of carbonyl (C=O) groups excluding carboxylic acids is 1. The molecule has 3 aromatic heterocycles. The molecule has 0 fully saturated rings. The van der Waals surface area contributed by atoms with Crippen molar-refractivity contribution in [3.63, 3.8) is 0 Å². The van der Waals surface area contributed by atoms with E-state index in [1.54, 1.807) is 18.7 Å². The van der Waals surface area contributed by atoms with Crippen LogP contribution in [-0.4, -0.2) is 30.4 Å². The summed E-state index contributed by atoms with van der Waals surface area (Å²) in [5, 5.41) is 5.82. The van der Waals surface area contributed by atoms with E-state index in [1.807, 2.05) is 42.1 Å². The first-order chi connectivity index (χ1) is 12.1. The minimum atomic E-state index is -0.305. The third-order valence-electron chi connectivity index (χ3n) is 3.73. The van der Waals surface area contributed by atoms with Crippen molar-refractivity contribution in [1.29, 1.82) is 0 Å². The summed E-state index contributed by atoms with van der Waals surface area (Å²) in [6.45, 7) is 1.85. The lowest BCUT2D eigenvalue weighted by Crippen LogP contribution is -2.13. The molecule has 0 radical (unpaired) electrons. The number of aryl methyl sites for hydroxylation is 2. The van der Waals surface area contributed by atoms with Gasteiger partial charge in [-0.3, -0.25) is 10.1 Å². The molecule has 0 bridgehead atoms. The Bertz CT molecular complexity index is 1080. The lowest BCUT2D eigenvalue weighted by molar-refractivity contribution is 0.102. The molecule has 0 aliphatic carbocycles. The third-order valence-corrected chi connectivity index (χ3v) is 4.69. The average molecular weight is 350 g/mol. The van der Waals surface area contributed by atoms with E-state index in [0.717, 1.165) is 27.9 Å². The molecule has 0 unspecified atom stereocenters. The van der Waals surface area contributed by atoms with Crippen molar-refractivity contribution in [1.82, 2.24) is 24.5 Å². The van der Waals surface area contributed by atoms with Crippen molar-refractivity contribution in [3.05, 3.63) is 53.0 Å². The van der Waals surface area contributed by atoms with Crippen LogP contribution >= 0.6 is 11.3 Å². The van der Waals surface area contributed by atoms with Gasteiger partial charge in [0.15, 0.2) is 5.01 Å². The molecule has 0 saturated heterocycles. The van der Waals surface area contributed by atoms with Crippen LogP contribution < -0.4 is 5.32 Å². The molecule has 1 N–H and O–H groups in total. The number of amides is 1. The molecular weight excluding hydrogens is 336 g/mol. The van der Waals surface area contributed by atoms with Crippen LogP contribution in [0.3, 0.4) is 0 Å². The highest BCUT2D eigenvalue weighted by Gasteiger charge is 2.12. The summed E-state index contributed by atoms with van der Waals surface area (Å²) in [5.74, 6) is -0.0484. The van der Waals surface area contributed by atoms with Crippen molar-refractivity contribution in [2.45, 2.75) is 6.92 Å². The Kier molecular flexibility index (Phi) is 3.73. The number of rotatable bonds is 3. The quantitative estimate of drug-likeness (QED) is 0.614. The van der Waals surface area contributed by atoms with Gasteiger partial charge < -0.3 is 4.57 Å². The Morgan fingerprint density at radius 2 is 2.12 bits per heavy atom. The first-order valence-corrected chi connectivity index (χ1v) is 8.45. The summed E-state index contributed by atoms with van der Waals surface area (Å²) in [6, 6.07) is 5.91. The molecule has 0 saturated carbocycles. The molecule has 1 aromatic carbocycles. The van der Waals surface area contributed by atoms with Crippen LogP contribution in [0.25, 0.3) is 22.2 Å². The van der Waals surface area contributed by atoms with Crippen LogP contribution in [0, 0.1) is 6.92 Å². The second kappa shape index (κ2) is 6.06.